The Balaban J connectivity index is 1.84. The molecule has 0 radical (unpaired) electrons. The first kappa shape index (κ1) is 34.1. The number of carbonyl (C=O) groups excluding carboxylic acids is 3. The van der Waals surface area contributed by atoms with Gasteiger partial charge in [0.2, 0.25) is 5.91 Å². The smallest absolute Gasteiger partial charge is 0.402 e. The van der Waals surface area contributed by atoms with Crippen molar-refractivity contribution in [2.45, 2.75) is 33.0 Å². The van der Waals surface area contributed by atoms with Gasteiger partial charge in [0.15, 0.2) is 0 Å². The van der Waals surface area contributed by atoms with E-state index in [9.17, 15) is 41.6 Å². The number of rotatable bonds is 10. The summed E-state index contributed by atoms with van der Waals surface area (Å²) in [6.07, 6.45) is -7.63. The summed E-state index contributed by atoms with van der Waals surface area (Å²) in [4.78, 5) is 38.3. The number of benzene rings is 3. The highest BCUT2D eigenvalue weighted by Gasteiger charge is 2.52. The molecule has 8 nitrogen and oxygen atoms in total. The molecule has 0 aliphatic carbocycles. The number of nitriles is 1. The molecule has 3 aromatic rings. The van der Waals surface area contributed by atoms with Gasteiger partial charge in [0.1, 0.15) is 23.8 Å². The van der Waals surface area contributed by atoms with E-state index in [1.807, 2.05) is 6.07 Å². The predicted molar refractivity (Wildman–Crippen MR) is 153 cm³/mol. The lowest BCUT2D eigenvalue weighted by Crippen LogP contribution is -2.46. The summed E-state index contributed by atoms with van der Waals surface area (Å²) >= 11 is 12.1. The maximum atomic E-state index is 13.2. The number of hydrogen-bond acceptors (Lipinski definition) is 5. The molecule has 0 saturated carbocycles. The summed E-state index contributed by atoms with van der Waals surface area (Å²) < 4.78 is 70.2. The number of hydrogen-bond donors (Lipinski definition) is 3. The molecule has 0 aliphatic heterocycles. The lowest BCUT2D eigenvalue weighted by molar-refractivity contribution is -0.211. The van der Waals surface area contributed by atoms with E-state index in [2.05, 4.69) is 16.0 Å². The minimum Gasteiger partial charge on any atom is -0.487 e. The molecule has 0 saturated heterocycles. The third kappa shape index (κ3) is 8.36. The fourth-order valence-electron chi connectivity index (χ4n) is 3.54. The number of nitrogens with zero attached hydrogens (tertiary/aromatic N) is 1. The Hall–Kier alpha value is -4.41. The Kier molecular flexibility index (Phi) is 10.8. The lowest BCUT2D eigenvalue weighted by Gasteiger charge is -2.26. The van der Waals surface area contributed by atoms with E-state index in [0.29, 0.717) is 0 Å². The fourth-order valence-corrected chi connectivity index (χ4v) is 3.90. The summed E-state index contributed by atoms with van der Waals surface area (Å²) in [6, 6.07) is 13.6. The van der Waals surface area contributed by atoms with Crippen LogP contribution in [0.25, 0.3) is 0 Å². The summed E-state index contributed by atoms with van der Waals surface area (Å²) in [6.45, 7) is 0.111. The summed E-state index contributed by atoms with van der Waals surface area (Å²) in [5, 5.41) is 16.5. The highest BCUT2D eigenvalue weighted by molar-refractivity contribution is 6.34. The Bertz CT molecular complexity index is 1620. The molecule has 232 valence electrons. The van der Waals surface area contributed by atoms with Crippen LogP contribution in [-0.2, 0) is 11.3 Å². The quantitative estimate of drug-likeness (QED) is 0.199. The van der Waals surface area contributed by atoms with Crippen LogP contribution in [0.5, 0.6) is 5.75 Å². The minimum atomic E-state index is -4.79. The van der Waals surface area contributed by atoms with Crippen molar-refractivity contribution < 1.29 is 41.1 Å². The second kappa shape index (κ2) is 13.9. The Morgan fingerprint density at radius 1 is 0.886 bits per heavy atom. The first-order valence-electron chi connectivity index (χ1n) is 12.5. The second-order valence-corrected chi connectivity index (χ2v) is 10.6. The second-order valence-electron chi connectivity index (χ2n) is 9.75. The molecule has 0 aromatic heterocycles. The number of halogens is 7. The van der Waals surface area contributed by atoms with Gasteiger partial charge in [-0.3, -0.25) is 14.4 Å². The minimum absolute atomic E-state index is 0.0278. The van der Waals surface area contributed by atoms with E-state index < -0.39 is 42.3 Å². The molecule has 3 N–H and O–H groups in total. The van der Waals surface area contributed by atoms with Crippen molar-refractivity contribution >= 4 is 52.3 Å². The molecule has 44 heavy (non-hydrogen) atoms. The van der Waals surface area contributed by atoms with Gasteiger partial charge >= 0.3 is 6.18 Å². The molecule has 3 rings (SSSR count). The van der Waals surface area contributed by atoms with Crippen molar-refractivity contribution in [1.82, 2.24) is 5.32 Å². The average molecular weight is 657 g/mol. The molecule has 0 spiro atoms. The van der Waals surface area contributed by atoms with Gasteiger partial charge in [-0.25, -0.2) is 8.78 Å². The topological polar surface area (TPSA) is 120 Å². The monoisotopic (exact) mass is 656 g/mol. The highest BCUT2D eigenvalue weighted by Crippen LogP contribution is 2.37. The van der Waals surface area contributed by atoms with E-state index in [4.69, 9.17) is 27.9 Å². The van der Waals surface area contributed by atoms with Gasteiger partial charge in [-0.2, -0.15) is 18.4 Å². The van der Waals surface area contributed by atoms with Gasteiger partial charge in [-0.15, -0.1) is 0 Å². The zero-order valence-corrected chi connectivity index (χ0v) is 24.4. The molecule has 0 unspecified atom stereocenters. The van der Waals surface area contributed by atoms with Crippen LogP contribution in [0, 0.1) is 16.7 Å². The lowest BCUT2D eigenvalue weighted by atomic mass is 9.91. The molecule has 15 heteroatoms. The van der Waals surface area contributed by atoms with Crippen molar-refractivity contribution in [3.05, 3.63) is 86.9 Å². The van der Waals surface area contributed by atoms with E-state index in [1.54, 1.807) is 0 Å². The van der Waals surface area contributed by atoms with Gasteiger partial charge in [-0.1, -0.05) is 29.3 Å². The summed E-state index contributed by atoms with van der Waals surface area (Å²) in [5.74, 6) is -3.11. The Morgan fingerprint density at radius 2 is 1.48 bits per heavy atom. The van der Waals surface area contributed by atoms with Gasteiger partial charge in [0.05, 0.1) is 26.7 Å². The molecule has 0 aliphatic rings. The number of nitrogens with one attached hydrogen (secondary N) is 3. The van der Waals surface area contributed by atoms with Crippen LogP contribution in [0.2, 0.25) is 10.0 Å². The predicted octanol–water partition coefficient (Wildman–Crippen LogP) is 7.22. The van der Waals surface area contributed by atoms with Gasteiger partial charge in [-0.05, 0) is 67.9 Å². The van der Waals surface area contributed by atoms with Crippen LogP contribution in [-0.4, -0.2) is 36.9 Å². The maximum Gasteiger partial charge on any atom is 0.402 e. The van der Waals surface area contributed by atoms with E-state index in [1.165, 1.54) is 48.5 Å². The zero-order valence-electron chi connectivity index (χ0n) is 22.9. The third-order valence-electron chi connectivity index (χ3n) is 6.20. The molecular formula is C29H23Cl2F5N4O4. The summed E-state index contributed by atoms with van der Waals surface area (Å²) in [5.41, 5.74) is -2.47. The number of amides is 3. The highest BCUT2D eigenvalue weighted by atomic mass is 35.5. The van der Waals surface area contributed by atoms with Crippen molar-refractivity contribution in [2.75, 3.05) is 17.2 Å². The van der Waals surface area contributed by atoms with Crippen LogP contribution in [0.1, 0.15) is 45.7 Å². The average Bonchev–Trinajstić information content (AvgIpc) is 2.95. The third-order valence-corrected chi connectivity index (χ3v) is 6.86. The van der Waals surface area contributed by atoms with E-state index >= 15 is 0 Å². The van der Waals surface area contributed by atoms with Crippen LogP contribution in [0.4, 0.5) is 33.3 Å². The Morgan fingerprint density at radius 3 is 2.09 bits per heavy atom. The SMILES string of the molecule is CC(C)(C(=O)NCc1ccc(Cl)c(C(=O)Nc2ccc(OCC(F)F)c(C(=O)Nc3ccc(Cl)c(C#N)c3)c2)c1)C(F)(F)F. The van der Waals surface area contributed by atoms with Crippen LogP contribution >= 0.6 is 23.2 Å². The first-order valence-corrected chi connectivity index (χ1v) is 13.3. The number of anilines is 2. The first-order chi connectivity index (χ1) is 20.5. The molecule has 0 fully saturated rings. The Labute approximate surface area is 258 Å². The van der Waals surface area contributed by atoms with Crippen molar-refractivity contribution in [3.63, 3.8) is 0 Å². The maximum absolute atomic E-state index is 13.2. The largest absolute Gasteiger partial charge is 0.487 e. The van der Waals surface area contributed by atoms with Gasteiger partial charge in [0.25, 0.3) is 18.2 Å². The van der Waals surface area contributed by atoms with Crippen molar-refractivity contribution in [2.24, 2.45) is 5.41 Å². The van der Waals surface area contributed by atoms with Crippen LogP contribution in [0.15, 0.2) is 54.6 Å². The summed E-state index contributed by atoms with van der Waals surface area (Å²) in [7, 11) is 0. The fraction of sp³-hybridized carbons (Fsp3) is 0.241. The molecule has 0 heterocycles. The molecule has 0 bridgehead atoms. The number of carbonyl (C=O) groups is 3. The van der Waals surface area contributed by atoms with Crippen molar-refractivity contribution in [1.29, 1.82) is 5.26 Å². The normalized spacial score (nSPS) is 11.5. The molecule has 3 aromatic carbocycles. The van der Waals surface area contributed by atoms with Crippen LogP contribution in [0.3, 0.4) is 0 Å². The number of alkyl halides is 5. The van der Waals surface area contributed by atoms with Crippen LogP contribution < -0.4 is 20.7 Å². The van der Waals surface area contributed by atoms with E-state index in [-0.39, 0.29) is 56.0 Å². The van der Waals surface area contributed by atoms with Crippen molar-refractivity contribution in [3.8, 4) is 11.8 Å². The molecular weight excluding hydrogens is 634 g/mol. The van der Waals surface area contributed by atoms with Gasteiger partial charge in [0, 0.05) is 17.9 Å². The van der Waals surface area contributed by atoms with Gasteiger partial charge < -0.3 is 20.7 Å². The number of ether oxygens (including phenoxy) is 1. The zero-order chi connectivity index (χ0) is 32.8. The van der Waals surface area contributed by atoms with E-state index in [0.717, 1.165) is 19.9 Å². The molecule has 3 amide bonds. The standard InChI is InChI=1S/C29H23Cl2F5N4O4/c1-28(2,29(34,35)36)27(43)38-13-15-3-6-22(31)19(9-15)25(41)40-18-5-8-23(44-14-24(32)33)20(11-18)26(42)39-17-4-7-21(30)16(10-17)12-37/h3-11,24H,13-14H2,1-2H3,(H,38,43)(H,39,42)(H,40,41). The molecule has 0 atom stereocenters.